The molecule has 1 aromatic rings. The quantitative estimate of drug-likeness (QED) is 0.636. The SMILES string of the molecule is CC[C@H](C)NS(=O)(=O)c1cc(NC(=O)C(Cl)Cl)ccc1N1CCCC[C@H]1C. The molecule has 1 amide bonds. The summed E-state index contributed by atoms with van der Waals surface area (Å²) < 4.78 is 28.8. The van der Waals surface area contributed by atoms with E-state index in [1.54, 1.807) is 12.1 Å². The normalized spacial score (nSPS) is 19.2. The second kappa shape index (κ2) is 9.45. The molecule has 0 aliphatic carbocycles. The number of hydrogen-bond donors (Lipinski definition) is 2. The molecule has 152 valence electrons. The van der Waals surface area contributed by atoms with Crippen LogP contribution in [0.2, 0.25) is 0 Å². The predicted molar refractivity (Wildman–Crippen MR) is 111 cm³/mol. The molecule has 9 heteroatoms. The van der Waals surface area contributed by atoms with Gasteiger partial charge in [0.2, 0.25) is 10.0 Å². The molecule has 0 spiro atoms. The number of anilines is 2. The number of carbonyl (C=O) groups excluding carboxylic acids is 1. The highest BCUT2D eigenvalue weighted by Gasteiger charge is 2.28. The summed E-state index contributed by atoms with van der Waals surface area (Å²) in [5.41, 5.74) is 0.980. The lowest BCUT2D eigenvalue weighted by atomic mass is 10.0. The van der Waals surface area contributed by atoms with Crippen LogP contribution in [0.4, 0.5) is 11.4 Å². The Bertz CT molecular complexity index is 771. The smallest absolute Gasteiger partial charge is 0.257 e. The molecule has 1 heterocycles. The third-order valence-corrected chi connectivity index (χ3v) is 6.81. The minimum Gasteiger partial charge on any atom is -0.368 e. The summed E-state index contributed by atoms with van der Waals surface area (Å²) in [6.45, 7) is 6.62. The van der Waals surface area contributed by atoms with Crippen molar-refractivity contribution in [1.29, 1.82) is 0 Å². The number of carbonyl (C=O) groups is 1. The first-order valence-electron chi connectivity index (χ1n) is 9.17. The van der Waals surface area contributed by atoms with Crippen LogP contribution in [0, 0.1) is 0 Å². The van der Waals surface area contributed by atoms with Crippen molar-refractivity contribution in [3.8, 4) is 0 Å². The first-order valence-corrected chi connectivity index (χ1v) is 11.5. The maximum Gasteiger partial charge on any atom is 0.257 e. The van der Waals surface area contributed by atoms with Gasteiger partial charge in [-0.2, -0.15) is 0 Å². The number of nitrogens with zero attached hydrogens (tertiary/aromatic N) is 1. The fraction of sp³-hybridized carbons (Fsp3) is 0.611. The highest BCUT2D eigenvalue weighted by Crippen LogP contribution is 2.33. The largest absolute Gasteiger partial charge is 0.368 e. The zero-order valence-electron chi connectivity index (χ0n) is 15.8. The van der Waals surface area contributed by atoms with Crippen molar-refractivity contribution in [2.24, 2.45) is 0 Å². The van der Waals surface area contributed by atoms with Gasteiger partial charge >= 0.3 is 0 Å². The predicted octanol–water partition coefficient (Wildman–Crippen LogP) is 3.88. The summed E-state index contributed by atoms with van der Waals surface area (Å²) in [6.07, 6.45) is 3.83. The number of amides is 1. The third-order valence-electron chi connectivity index (χ3n) is 4.80. The first-order chi connectivity index (χ1) is 12.7. The van der Waals surface area contributed by atoms with Gasteiger partial charge in [-0.05, 0) is 57.7 Å². The fourth-order valence-electron chi connectivity index (χ4n) is 3.11. The molecular formula is C18H27Cl2N3O3S. The van der Waals surface area contributed by atoms with E-state index >= 15 is 0 Å². The van der Waals surface area contributed by atoms with Gasteiger partial charge in [0.15, 0.2) is 4.84 Å². The Hall–Kier alpha value is -1.02. The zero-order valence-corrected chi connectivity index (χ0v) is 18.2. The van der Waals surface area contributed by atoms with E-state index in [4.69, 9.17) is 23.2 Å². The molecule has 1 aliphatic rings. The van der Waals surface area contributed by atoms with Gasteiger partial charge < -0.3 is 10.2 Å². The topological polar surface area (TPSA) is 78.5 Å². The van der Waals surface area contributed by atoms with Crippen LogP contribution >= 0.6 is 23.2 Å². The van der Waals surface area contributed by atoms with Crippen molar-refractivity contribution in [2.45, 2.75) is 68.3 Å². The van der Waals surface area contributed by atoms with Gasteiger partial charge in [0.25, 0.3) is 5.91 Å². The van der Waals surface area contributed by atoms with E-state index in [0.717, 1.165) is 25.8 Å². The summed E-state index contributed by atoms with van der Waals surface area (Å²) in [6, 6.07) is 4.92. The van der Waals surface area contributed by atoms with E-state index in [1.807, 2.05) is 13.8 Å². The number of hydrogen-bond acceptors (Lipinski definition) is 4. The van der Waals surface area contributed by atoms with Crippen molar-refractivity contribution in [3.05, 3.63) is 18.2 Å². The second-order valence-electron chi connectivity index (χ2n) is 6.94. The van der Waals surface area contributed by atoms with Gasteiger partial charge in [-0.1, -0.05) is 30.1 Å². The molecule has 0 unspecified atom stereocenters. The van der Waals surface area contributed by atoms with Crippen molar-refractivity contribution in [2.75, 3.05) is 16.8 Å². The molecule has 2 atom stereocenters. The zero-order chi connectivity index (χ0) is 20.2. The second-order valence-corrected chi connectivity index (χ2v) is 9.72. The van der Waals surface area contributed by atoms with Gasteiger partial charge in [-0.15, -0.1) is 0 Å². The number of sulfonamides is 1. The van der Waals surface area contributed by atoms with Crippen LogP contribution in [-0.4, -0.2) is 37.8 Å². The van der Waals surface area contributed by atoms with Crippen LogP contribution in [0.25, 0.3) is 0 Å². The minimum atomic E-state index is -3.76. The van der Waals surface area contributed by atoms with E-state index in [2.05, 4.69) is 21.9 Å². The van der Waals surface area contributed by atoms with Crippen LogP contribution in [0.15, 0.2) is 23.1 Å². The average Bonchev–Trinajstić information content (AvgIpc) is 2.61. The van der Waals surface area contributed by atoms with E-state index in [1.165, 1.54) is 6.07 Å². The van der Waals surface area contributed by atoms with Crippen molar-refractivity contribution in [3.63, 3.8) is 0 Å². The molecule has 6 nitrogen and oxygen atoms in total. The molecule has 2 N–H and O–H groups in total. The van der Waals surface area contributed by atoms with Crippen LogP contribution in [0.3, 0.4) is 0 Å². The van der Waals surface area contributed by atoms with Crippen molar-refractivity contribution < 1.29 is 13.2 Å². The van der Waals surface area contributed by atoms with Crippen LogP contribution in [0.1, 0.15) is 46.5 Å². The van der Waals surface area contributed by atoms with E-state index in [9.17, 15) is 13.2 Å². The van der Waals surface area contributed by atoms with E-state index < -0.39 is 20.8 Å². The number of benzene rings is 1. The minimum absolute atomic E-state index is 0.148. The Kier molecular flexibility index (Phi) is 7.80. The molecule has 27 heavy (non-hydrogen) atoms. The Morgan fingerprint density at radius 3 is 2.63 bits per heavy atom. The molecule has 0 radical (unpaired) electrons. The standard InChI is InChI=1S/C18H27Cl2N3O3S/c1-4-12(2)22-27(25,26)16-11-14(21-18(24)17(19)20)8-9-15(16)23-10-6-5-7-13(23)3/h8-9,11-13,17,22H,4-7,10H2,1-3H3,(H,21,24)/t12-,13+/m0/s1. The average molecular weight is 436 g/mol. The molecule has 1 fully saturated rings. The Morgan fingerprint density at radius 2 is 2.04 bits per heavy atom. The highest BCUT2D eigenvalue weighted by molar-refractivity contribution is 7.89. The van der Waals surface area contributed by atoms with Crippen LogP contribution < -0.4 is 14.9 Å². The maximum atomic E-state index is 13.0. The lowest BCUT2D eigenvalue weighted by Crippen LogP contribution is -2.39. The molecule has 1 aromatic carbocycles. The summed E-state index contributed by atoms with van der Waals surface area (Å²) in [4.78, 5) is 12.8. The van der Waals surface area contributed by atoms with Crippen molar-refractivity contribution >= 4 is 50.5 Å². The molecule has 0 aromatic heterocycles. The summed E-state index contributed by atoms with van der Waals surface area (Å²) >= 11 is 11.2. The van der Waals surface area contributed by atoms with Crippen molar-refractivity contribution in [1.82, 2.24) is 4.72 Å². The Morgan fingerprint density at radius 1 is 1.33 bits per heavy atom. The molecular weight excluding hydrogens is 409 g/mol. The third kappa shape index (κ3) is 5.73. The number of alkyl halides is 2. The molecule has 0 saturated carbocycles. The lowest BCUT2D eigenvalue weighted by molar-refractivity contribution is -0.114. The van der Waals surface area contributed by atoms with Gasteiger partial charge in [0.1, 0.15) is 4.90 Å². The summed E-state index contributed by atoms with van der Waals surface area (Å²) in [5, 5.41) is 2.55. The van der Waals surface area contributed by atoms with E-state index in [-0.39, 0.29) is 17.0 Å². The lowest BCUT2D eigenvalue weighted by Gasteiger charge is -2.36. The Labute approximate surface area is 171 Å². The monoisotopic (exact) mass is 435 g/mol. The van der Waals surface area contributed by atoms with E-state index in [0.29, 0.717) is 17.8 Å². The maximum absolute atomic E-state index is 13.0. The Balaban J connectivity index is 2.47. The fourth-order valence-corrected chi connectivity index (χ4v) is 4.78. The number of nitrogens with one attached hydrogen (secondary N) is 2. The van der Waals surface area contributed by atoms with Gasteiger partial charge in [-0.3, -0.25) is 4.79 Å². The van der Waals surface area contributed by atoms with Gasteiger partial charge in [0.05, 0.1) is 5.69 Å². The highest BCUT2D eigenvalue weighted by atomic mass is 35.5. The van der Waals surface area contributed by atoms with Crippen LogP contribution in [0.5, 0.6) is 0 Å². The number of rotatable bonds is 7. The summed E-state index contributed by atoms with van der Waals surface area (Å²) in [7, 11) is -3.76. The molecule has 1 saturated heterocycles. The molecule has 0 bridgehead atoms. The van der Waals surface area contributed by atoms with Crippen LogP contribution in [-0.2, 0) is 14.8 Å². The summed E-state index contributed by atoms with van der Waals surface area (Å²) in [5.74, 6) is -0.601. The first kappa shape index (κ1) is 22.3. The molecule has 2 rings (SSSR count). The molecule has 1 aliphatic heterocycles. The number of halogens is 2. The number of piperidine rings is 1. The van der Waals surface area contributed by atoms with Gasteiger partial charge in [0, 0.05) is 24.3 Å². The van der Waals surface area contributed by atoms with Gasteiger partial charge in [-0.25, -0.2) is 13.1 Å².